The third-order valence-corrected chi connectivity index (χ3v) is 4.44. The fraction of sp³-hybridized carbons (Fsp3) is 0.421. The van der Waals surface area contributed by atoms with E-state index in [1.54, 1.807) is 13.8 Å². The van der Waals surface area contributed by atoms with E-state index in [1.165, 1.54) is 0 Å². The molecule has 1 aromatic carbocycles. The number of rotatable bonds is 5. The van der Waals surface area contributed by atoms with E-state index in [0.29, 0.717) is 11.5 Å². The van der Waals surface area contributed by atoms with Gasteiger partial charge in [-0.15, -0.1) is 0 Å². The van der Waals surface area contributed by atoms with E-state index in [-0.39, 0.29) is 11.8 Å². The lowest BCUT2D eigenvalue weighted by Crippen LogP contribution is -2.44. The zero-order chi connectivity index (χ0) is 17.4. The molecule has 1 unspecified atom stereocenters. The van der Waals surface area contributed by atoms with E-state index in [1.807, 2.05) is 31.2 Å². The maximum absolute atomic E-state index is 12.8. The van der Waals surface area contributed by atoms with Gasteiger partial charge >= 0.3 is 5.97 Å². The Kier molecular flexibility index (Phi) is 4.26. The quantitative estimate of drug-likeness (QED) is 0.884. The number of aromatic nitrogens is 1. The summed E-state index contributed by atoms with van der Waals surface area (Å²) in [7, 11) is 0. The highest BCUT2D eigenvalue weighted by atomic mass is 16.4. The summed E-state index contributed by atoms with van der Waals surface area (Å²) in [6.07, 6.45) is 2.18. The molecule has 1 aliphatic rings. The second-order valence-electron chi connectivity index (χ2n) is 6.92. The van der Waals surface area contributed by atoms with E-state index < -0.39 is 12.0 Å². The summed E-state index contributed by atoms with van der Waals surface area (Å²) >= 11 is 0. The van der Waals surface area contributed by atoms with Crippen molar-refractivity contribution in [1.29, 1.82) is 0 Å². The molecule has 5 heteroatoms. The van der Waals surface area contributed by atoms with Gasteiger partial charge in [0.25, 0.3) is 5.91 Å². The van der Waals surface area contributed by atoms with E-state index in [2.05, 4.69) is 10.3 Å². The molecule has 1 fully saturated rings. The van der Waals surface area contributed by atoms with Gasteiger partial charge < -0.3 is 10.4 Å². The van der Waals surface area contributed by atoms with Crippen molar-refractivity contribution in [2.24, 2.45) is 5.92 Å². The molecule has 0 radical (unpaired) electrons. The lowest BCUT2D eigenvalue weighted by atomic mass is 10.0. The first-order chi connectivity index (χ1) is 11.4. The van der Waals surface area contributed by atoms with Crippen LogP contribution in [0.15, 0.2) is 24.3 Å². The molecule has 1 heterocycles. The van der Waals surface area contributed by atoms with Crippen LogP contribution in [-0.2, 0) is 4.79 Å². The molecular weight excluding hydrogens is 304 g/mol. The van der Waals surface area contributed by atoms with Crippen molar-refractivity contribution >= 4 is 22.8 Å². The monoisotopic (exact) mass is 326 g/mol. The van der Waals surface area contributed by atoms with Crippen molar-refractivity contribution in [1.82, 2.24) is 10.3 Å². The number of nitrogens with one attached hydrogen (secondary N) is 1. The minimum atomic E-state index is -1.02. The Hall–Kier alpha value is -2.43. The Balaban J connectivity index is 2.04. The Morgan fingerprint density at radius 3 is 2.54 bits per heavy atom. The van der Waals surface area contributed by atoms with E-state index in [9.17, 15) is 14.7 Å². The summed E-state index contributed by atoms with van der Waals surface area (Å²) in [5.41, 5.74) is 3.26. The largest absolute Gasteiger partial charge is 0.480 e. The van der Waals surface area contributed by atoms with Gasteiger partial charge in [-0.2, -0.15) is 0 Å². The van der Waals surface area contributed by atoms with Crippen LogP contribution in [0.25, 0.3) is 10.9 Å². The predicted molar refractivity (Wildman–Crippen MR) is 92.2 cm³/mol. The first-order valence-electron chi connectivity index (χ1n) is 8.32. The molecule has 0 aliphatic heterocycles. The summed E-state index contributed by atoms with van der Waals surface area (Å²) in [5, 5.41) is 12.8. The zero-order valence-electron chi connectivity index (χ0n) is 14.2. The number of carboxylic acid groups (broad SMARTS) is 1. The number of nitrogens with zero attached hydrogens (tertiary/aromatic N) is 1. The molecule has 1 aliphatic carbocycles. The molecule has 1 saturated carbocycles. The average Bonchev–Trinajstić information content (AvgIpc) is 3.35. The summed E-state index contributed by atoms with van der Waals surface area (Å²) in [6, 6.07) is 6.74. The number of benzene rings is 1. The zero-order valence-corrected chi connectivity index (χ0v) is 14.2. The van der Waals surface area contributed by atoms with Gasteiger partial charge in [0.15, 0.2) is 0 Å². The molecule has 0 saturated heterocycles. The van der Waals surface area contributed by atoms with Crippen LogP contribution in [0.3, 0.4) is 0 Å². The number of carbonyl (C=O) groups excluding carboxylic acids is 1. The number of hydrogen-bond acceptors (Lipinski definition) is 3. The van der Waals surface area contributed by atoms with E-state index in [4.69, 9.17) is 0 Å². The van der Waals surface area contributed by atoms with Crippen molar-refractivity contribution in [3.05, 3.63) is 41.1 Å². The summed E-state index contributed by atoms with van der Waals surface area (Å²) in [5.74, 6) is -1.14. The average molecular weight is 326 g/mol. The topological polar surface area (TPSA) is 79.3 Å². The maximum Gasteiger partial charge on any atom is 0.326 e. The molecule has 1 atom stereocenters. The Labute approximate surface area is 141 Å². The van der Waals surface area contributed by atoms with Crippen molar-refractivity contribution in [3.63, 3.8) is 0 Å². The molecule has 0 spiro atoms. The lowest BCUT2D eigenvalue weighted by molar-refractivity contribution is -0.140. The first kappa shape index (κ1) is 16.4. The van der Waals surface area contributed by atoms with Crippen LogP contribution in [0.5, 0.6) is 0 Å². The third kappa shape index (κ3) is 3.25. The number of hydrogen-bond donors (Lipinski definition) is 2. The van der Waals surface area contributed by atoms with Crippen LogP contribution in [0.1, 0.15) is 54.2 Å². The highest BCUT2D eigenvalue weighted by Gasteiger charge is 2.29. The SMILES string of the molecule is Cc1ccc2nc(C3CC3)cc(C(=O)NC(C(=O)O)C(C)C)c2c1. The highest BCUT2D eigenvalue weighted by Crippen LogP contribution is 2.40. The minimum Gasteiger partial charge on any atom is -0.480 e. The summed E-state index contributed by atoms with van der Waals surface area (Å²) in [4.78, 5) is 28.8. The van der Waals surface area contributed by atoms with Gasteiger partial charge in [-0.3, -0.25) is 9.78 Å². The van der Waals surface area contributed by atoms with Gasteiger partial charge in [-0.25, -0.2) is 4.79 Å². The van der Waals surface area contributed by atoms with E-state index >= 15 is 0 Å². The van der Waals surface area contributed by atoms with Gasteiger partial charge in [-0.1, -0.05) is 25.5 Å². The van der Waals surface area contributed by atoms with Crippen molar-refractivity contribution in [2.75, 3.05) is 0 Å². The molecule has 3 rings (SSSR count). The fourth-order valence-electron chi connectivity index (χ4n) is 2.87. The smallest absolute Gasteiger partial charge is 0.326 e. The molecule has 126 valence electrons. The minimum absolute atomic E-state index is 0.191. The molecule has 1 aromatic heterocycles. The number of amides is 1. The normalized spacial score (nSPS) is 15.5. The van der Waals surface area contributed by atoms with Crippen molar-refractivity contribution < 1.29 is 14.7 Å². The number of aliphatic carboxylic acids is 1. The van der Waals surface area contributed by atoms with Crippen LogP contribution < -0.4 is 5.32 Å². The van der Waals surface area contributed by atoms with Crippen LogP contribution in [0.4, 0.5) is 0 Å². The van der Waals surface area contributed by atoms with Crippen molar-refractivity contribution in [2.45, 2.75) is 45.6 Å². The number of aryl methyl sites for hydroxylation is 1. The summed E-state index contributed by atoms with van der Waals surface area (Å²) < 4.78 is 0. The van der Waals surface area contributed by atoms with Crippen LogP contribution in [-0.4, -0.2) is 28.0 Å². The lowest BCUT2D eigenvalue weighted by Gasteiger charge is -2.19. The molecular formula is C19H22N2O3. The fourth-order valence-corrected chi connectivity index (χ4v) is 2.87. The third-order valence-electron chi connectivity index (χ3n) is 4.44. The van der Waals surface area contributed by atoms with Crippen LogP contribution in [0, 0.1) is 12.8 Å². The van der Waals surface area contributed by atoms with Gasteiger partial charge in [0.1, 0.15) is 6.04 Å². The summed E-state index contributed by atoms with van der Waals surface area (Å²) in [6.45, 7) is 5.52. The van der Waals surface area contributed by atoms with Crippen LogP contribution >= 0.6 is 0 Å². The predicted octanol–water partition coefficient (Wildman–Crippen LogP) is 3.26. The van der Waals surface area contributed by atoms with Crippen molar-refractivity contribution in [3.8, 4) is 0 Å². The first-order valence-corrected chi connectivity index (χ1v) is 8.32. The Morgan fingerprint density at radius 1 is 1.25 bits per heavy atom. The van der Waals surface area contributed by atoms with Gasteiger partial charge in [0.05, 0.1) is 11.1 Å². The highest BCUT2D eigenvalue weighted by molar-refractivity contribution is 6.07. The Morgan fingerprint density at radius 2 is 1.96 bits per heavy atom. The molecule has 2 N–H and O–H groups in total. The van der Waals surface area contributed by atoms with Gasteiger partial charge in [-0.05, 0) is 43.9 Å². The molecule has 1 amide bonds. The molecule has 0 bridgehead atoms. The number of fused-ring (bicyclic) bond motifs is 1. The Bertz CT molecular complexity index is 810. The molecule has 2 aromatic rings. The number of pyridine rings is 1. The molecule has 5 nitrogen and oxygen atoms in total. The van der Waals surface area contributed by atoms with Crippen LogP contribution in [0.2, 0.25) is 0 Å². The maximum atomic E-state index is 12.8. The van der Waals surface area contributed by atoms with Gasteiger partial charge in [0, 0.05) is 17.0 Å². The molecule has 24 heavy (non-hydrogen) atoms. The standard InChI is InChI=1S/C19H22N2O3/c1-10(2)17(19(23)24)21-18(22)14-9-16(12-5-6-12)20-15-7-4-11(3)8-13(14)15/h4,7-10,12,17H,5-6H2,1-3H3,(H,21,22)(H,23,24). The number of carbonyl (C=O) groups is 2. The second-order valence-corrected chi connectivity index (χ2v) is 6.92. The van der Waals surface area contributed by atoms with E-state index in [0.717, 1.165) is 35.0 Å². The second kappa shape index (κ2) is 6.23. The number of carboxylic acids is 1. The van der Waals surface area contributed by atoms with Gasteiger partial charge in [0.2, 0.25) is 0 Å².